The Balaban J connectivity index is 2.59. The lowest BCUT2D eigenvalue weighted by atomic mass is 9.85. The van der Waals surface area contributed by atoms with Crippen molar-refractivity contribution >= 4 is 11.9 Å². The highest BCUT2D eigenvalue weighted by atomic mass is 19.3. The molecule has 0 radical (unpaired) electrons. The topological polar surface area (TPSA) is 57.6 Å². The van der Waals surface area contributed by atoms with E-state index in [1.54, 1.807) is 13.8 Å². The van der Waals surface area contributed by atoms with Gasteiger partial charge in [-0.1, -0.05) is 0 Å². The Bertz CT molecular complexity index is 335. The molecule has 1 saturated carbocycles. The van der Waals surface area contributed by atoms with Gasteiger partial charge in [-0.05, 0) is 26.7 Å². The van der Waals surface area contributed by atoms with E-state index in [2.05, 4.69) is 0 Å². The maximum Gasteiger partial charge on any atom is 0.305 e. The molecule has 0 aromatic heterocycles. The summed E-state index contributed by atoms with van der Waals surface area (Å²) >= 11 is 0. The second-order valence-electron chi connectivity index (χ2n) is 5.40. The Hall–Kier alpha value is -1.20. The first-order chi connectivity index (χ1) is 8.73. The van der Waals surface area contributed by atoms with Crippen LogP contribution in [0, 0.1) is 5.92 Å². The van der Waals surface area contributed by atoms with Crippen LogP contribution in [0.2, 0.25) is 0 Å². The minimum absolute atomic E-state index is 0.116. The van der Waals surface area contributed by atoms with Crippen LogP contribution in [-0.2, 0) is 9.59 Å². The van der Waals surface area contributed by atoms with Gasteiger partial charge in [0, 0.05) is 31.3 Å². The normalized spacial score (nSPS) is 19.4. The van der Waals surface area contributed by atoms with Gasteiger partial charge in [0.05, 0.1) is 6.42 Å². The minimum Gasteiger partial charge on any atom is -0.481 e. The zero-order valence-corrected chi connectivity index (χ0v) is 11.4. The number of aliphatic carboxylic acids is 1. The quantitative estimate of drug-likeness (QED) is 0.840. The Morgan fingerprint density at radius 2 is 1.84 bits per heavy atom. The molecule has 1 fully saturated rings. The van der Waals surface area contributed by atoms with Crippen LogP contribution in [-0.4, -0.2) is 40.4 Å². The zero-order chi connectivity index (χ0) is 14.6. The molecule has 0 spiro atoms. The van der Waals surface area contributed by atoms with Gasteiger partial charge in [0.1, 0.15) is 0 Å². The summed E-state index contributed by atoms with van der Waals surface area (Å²) in [6.07, 6.45) is -0.264. The molecule has 0 saturated heterocycles. The monoisotopic (exact) mass is 277 g/mol. The van der Waals surface area contributed by atoms with Gasteiger partial charge in [-0.15, -0.1) is 0 Å². The second kappa shape index (κ2) is 6.30. The average molecular weight is 277 g/mol. The van der Waals surface area contributed by atoms with Gasteiger partial charge in [0.15, 0.2) is 0 Å². The highest BCUT2D eigenvalue weighted by Crippen LogP contribution is 2.37. The fraction of sp³-hybridized carbons (Fsp3) is 0.846. The van der Waals surface area contributed by atoms with E-state index in [9.17, 15) is 18.4 Å². The van der Waals surface area contributed by atoms with Crippen molar-refractivity contribution in [2.24, 2.45) is 5.92 Å². The molecule has 6 heteroatoms. The lowest BCUT2D eigenvalue weighted by Gasteiger charge is -2.34. The van der Waals surface area contributed by atoms with Crippen molar-refractivity contribution in [3.8, 4) is 0 Å². The molecule has 1 N–H and O–H groups in total. The number of hydrogen-bond donors (Lipinski definition) is 1. The molecule has 1 aliphatic carbocycles. The summed E-state index contributed by atoms with van der Waals surface area (Å²) < 4.78 is 26.1. The minimum atomic E-state index is -2.65. The van der Waals surface area contributed by atoms with Crippen molar-refractivity contribution in [3.05, 3.63) is 0 Å². The van der Waals surface area contributed by atoms with Crippen LogP contribution in [0.1, 0.15) is 46.0 Å². The summed E-state index contributed by atoms with van der Waals surface area (Å²) in [6, 6.07) is -0.116. The van der Waals surface area contributed by atoms with E-state index in [0.717, 1.165) is 0 Å². The number of nitrogens with zero attached hydrogens (tertiary/aromatic N) is 1. The third-order valence-electron chi connectivity index (χ3n) is 3.54. The molecule has 19 heavy (non-hydrogen) atoms. The van der Waals surface area contributed by atoms with E-state index >= 15 is 0 Å². The highest BCUT2D eigenvalue weighted by molar-refractivity contribution is 5.79. The molecule has 0 heterocycles. The van der Waals surface area contributed by atoms with E-state index < -0.39 is 17.8 Å². The standard InChI is InChI=1S/C13H21F2NO3/c1-9(2)16(8-5-11(17)18)12(19)10-3-6-13(14,15)7-4-10/h9-10H,3-8H2,1-2H3,(H,17,18). The molecule has 0 bridgehead atoms. The molecule has 110 valence electrons. The molecule has 0 atom stereocenters. The van der Waals surface area contributed by atoms with E-state index in [1.165, 1.54) is 4.90 Å². The predicted octanol–water partition coefficient (Wildman–Crippen LogP) is 2.52. The number of hydrogen-bond acceptors (Lipinski definition) is 2. The molecule has 0 aromatic rings. The number of carboxylic acid groups (broad SMARTS) is 1. The average Bonchev–Trinajstić information content (AvgIpc) is 2.27. The first-order valence-electron chi connectivity index (χ1n) is 6.63. The first-order valence-corrected chi connectivity index (χ1v) is 6.63. The van der Waals surface area contributed by atoms with Crippen molar-refractivity contribution in [2.45, 2.75) is 57.9 Å². The molecule has 0 unspecified atom stereocenters. The van der Waals surface area contributed by atoms with Gasteiger partial charge in [-0.3, -0.25) is 9.59 Å². The number of carbonyl (C=O) groups is 2. The third-order valence-corrected chi connectivity index (χ3v) is 3.54. The van der Waals surface area contributed by atoms with E-state index in [1.807, 2.05) is 0 Å². The molecular weight excluding hydrogens is 256 g/mol. The van der Waals surface area contributed by atoms with Crippen LogP contribution in [0.25, 0.3) is 0 Å². The largest absolute Gasteiger partial charge is 0.481 e. The van der Waals surface area contributed by atoms with Crippen molar-refractivity contribution in [1.29, 1.82) is 0 Å². The number of carbonyl (C=O) groups excluding carboxylic acids is 1. The van der Waals surface area contributed by atoms with Crippen LogP contribution < -0.4 is 0 Å². The number of amides is 1. The molecule has 1 amide bonds. The van der Waals surface area contributed by atoms with Crippen LogP contribution in [0.5, 0.6) is 0 Å². The molecule has 0 aromatic carbocycles. The summed E-state index contributed by atoms with van der Waals surface area (Å²) in [7, 11) is 0. The first kappa shape index (κ1) is 15.9. The van der Waals surface area contributed by atoms with Gasteiger partial charge in [-0.25, -0.2) is 8.78 Å². The Labute approximate surface area is 111 Å². The molecule has 4 nitrogen and oxygen atoms in total. The Morgan fingerprint density at radius 3 is 2.26 bits per heavy atom. The van der Waals surface area contributed by atoms with Gasteiger partial charge in [0.25, 0.3) is 0 Å². The van der Waals surface area contributed by atoms with Crippen molar-refractivity contribution < 1.29 is 23.5 Å². The van der Waals surface area contributed by atoms with Crippen LogP contribution in [0.4, 0.5) is 8.78 Å². The van der Waals surface area contributed by atoms with Gasteiger partial charge in [0.2, 0.25) is 11.8 Å². The van der Waals surface area contributed by atoms with Crippen molar-refractivity contribution in [1.82, 2.24) is 4.90 Å². The van der Waals surface area contributed by atoms with Crippen LogP contribution in [0.3, 0.4) is 0 Å². The smallest absolute Gasteiger partial charge is 0.305 e. The number of alkyl halides is 2. The summed E-state index contributed by atoms with van der Waals surface area (Å²) in [6.45, 7) is 3.74. The van der Waals surface area contributed by atoms with Crippen LogP contribution >= 0.6 is 0 Å². The molecule has 0 aliphatic heterocycles. The SMILES string of the molecule is CC(C)N(CCC(=O)O)C(=O)C1CCC(F)(F)CC1. The lowest BCUT2D eigenvalue weighted by molar-refractivity contribution is -0.143. The van der Waals surface area contributed by atoms with Crippen molar-refractivity contribution in [3.63, 3.8) is 0 Å². The maximum atomic E-state index is 13.1. The Kier molecular flexibility index (Phi) is 5.26. The van der Waals surface area contributed by atoms with Crippen LogP contribution in [0.15, 0.2) is 0 Å². The highest BCUT2D eigenvalue weighted by Gasteiger charge is 2.38. The van der Waals surface area contributed by atoms with E-state index in [-0.39, 0.29) is 50.6 Å². The molecule has 1 aliphatic rings. The zero-order valence-electron chi connectivity index (χ0n) is 11.4. The lowest BCUT2D eigenvalue weighted by Crippen LogP contribution is -2.44. The summed E-state index contributed by atoms with van der Waals surface area (Å²) in [5.74, 6) is -4.20. The van der Waals surface area contributed by atoms with Gasteiger partial charge in [-0.2, -0.15) is 0 Å². The predicted molar refractivity (Wildman–Crippen MR) is 66.0 cm³/mol. The third kappa shape index (κ3) is 4.76. The molecule has 1 rings (SSSR count). The summed E-state index contributed by atoms with van der Waals surface area (Å²) in [5, 5.41) is 8.67. The fourth-order valence-corrected chi connectivity index (χ4v) is 2.36. The Morgan fingerprint density at radius 1 is 1.32 bits per heavy atom. The maximum absolute atomic E-state index is 13.1. The van der Waals surface area contributed by atoms with E-state index in [0.29, 0.717) is 0 Å². The van der Waals surface area contributed by atoms with Gasteiger partial charge < -0.3 is 10.0 Å². The molecular formula is C13H21F2NO3. The van der Waals surface area contributed by atoms with Crippen molar-refractivity contribution in [2.75, 3.05) is 6.54 Å². The van der Waals surface area contributed by atoms with Gasteiger partial charge >= 0.3 is 5.97 Å². The summed E-state index contributed by atoms with van der Waals surface area (Å²) in [4.78, 5) is 24.3. The number of carboxylic acids is 1. The number of halogens is 2. The van der Waals surface area contributed by atoms with E-state index in [4.69, 9.17) is 5.11 Å². The summed E-state index contributed by atoms with van der Waals surface area (Å²) in [5.41, 5.74) is 0. The fourth-order valence-electron chi connectivity index (χ4n) is 2.36. The second-order valence-corrected chi connectivity index (χ2v) is 5.40. The number of rotatable bonds is 5.